The highest BCUT2D eigenvalue weighted by Crippen LogP contribution is 2.53. The van der Waals surface area contributed by atoms with E-state index < -0.39 is 40.3 Å². The van der Waals surface area contributed by atoms with E-state index in [1.165, 1.54) is 0 Å². The topological polar surface area (TPSA) is 68.2 Å². The normalized spacial score (nSPS) is 29.7. The van der Waals surface area contributed by atoms with Gasteiger partial charge in [-0.1, -0.05) is 47.3 Å². The van der Waals surface area contributed by atoms with Crippen molar-refractivity contribution in [1.82, 2.24) is 4.57 Å². The van der Waals surface area contributed by atoms with Gasteiger partial charge in [-0.25, -0.2) is 0 Å². The number of hydrogen-bond donors (Lipinski definition) is 0. The van der Waals surface area contributed by atoms with E-state index in [-0.39, 0.29) is 28.8 Å². The highest BCUT2D eigenvalue weighted by molar-refractivity contribution is 6.76. The molecule has 0 spiro atoms. The number of Topliss-reactive ketones (excluding diaryl/α,β-unsaturated/α-hetero) is 1. The summed E-state index contributed by atoms with van der Waals surface area (Å²) in [7, 11) is -2.28. The van der Waals surface area contributed by atoms with E-state index >= 15 is 0 Å². The SMILES string of the molecule is CO[C@@]12C[C@@H](O[Si](C)(C)C(C)(C)C)[C@H](C)[C@@H](C1)c1c(B3OC(C)(C)C(C)(C)O3)cn(CCOC[Si](C)(C)C)c1C2=O. The van der Waals surface area contributed by atoms with Crippen LogP contribution in [0.4, 0.5) is 0 Å². The molecule has 0 radical (unpaired) electrons. The summed E-state index contributed by atoms with van der Waals surface area (Å²) in [5.74, 6) is 0.346. The Morgan fingerprint density at radius 2 is 1.63 bits per heavy atom. The molecule has 0 N–H and O–H groups in total. The van der Waals surface area contributed by atoms with Crippen LogP contribution in [0.2, 0.25) is 37.8 Å². The monoisotopic (exact) mass is 605 g/mol. The lowest BCUT2D eigenvalue weighted by molar-refractivity contribution is -0.0776. The number of aromatic nitrogens is 1. The molecular formula is C31H56BNO6Si2. The van der Waals surface area contributed by atoms with Gasteiger partial charge in [0.25, 0.3) is 0 Å². The van der Waals surface area contributed by atoms with Crippen LogP contribution >= 0.6 is 0 Å². The van der Waals surface area contributed by atoms with E-state index in [9.17, 15) is 4.79 Å². The smallest absolute Gasteiger partial charge is 0.414 e. The average molecular weight is 606 g/mol. The van der Waals surface area contributed by atoms with Crippen molar-refractivity contribution in [3.8, 4) is 0 Å². The van der Waals surface area contributed by atoms with Crippen LogP contribution in [-0.2, 0) is 29.8 Å². The van der Waals surface area contributed by atoms with Gasteiger partial charge in [-0.2, -0.15) is 0 Å². The Bertz CT molecular complexity index is 1130. The number of hydrogen-bond acceptors (Lipinski definition) is 6. The van der Waals surface area contributed by atoms with Gasteiger partial charge in [0.15, 0.2) is 8.32 Å². The van der Waals surface area contributed by atoms with E-state index in [2.05, 4.69) is 98.9 Å². The predicted octanol–water partition coefficient (Wildman–Crippen LogP) is 6.17. The second-order valence-electron chi connectivity index (χ2n) is 16.6. The van der Waals surface area contributed by atoms with Crippen molar-refractivity contribution in [3.05, 3.63) is 17.5 Å². The van der Waals surface area contributed by atoms with Gasteiger partial charge >= 0.3 is 7.12 Å². The molecule has 2 aliphatic carbocycles. The maximum Gasteiger partial charge on any atom is 0.496 e. The minimum atomic E-state index is -2.09. The summed E-state index contributed by atoms with van der Waals surface area (Å²) in [5, 5.41) is 0.0712. The van der Waals surface area contributed by atoms with Gasteiger partial charge < -0.3 is 27.8 Å². The number of carbonyl (C=O) groups is 1. The molecule has 3 aliphatic rings. The number of methoxy groups -OCH3 is 1. The van der Waals surface area contributed by atoms with Crippen molar-refractivity contribution in [1.29, 1.82) is 0 Å². The molecule has 232 valence electrons. The molecule has 7 nitrogen and oxygen atoms in total. The third-order valence-corrected chi connectivity index (χ3v) is 16.2. The van der Waals surface area contributed by atoms with Crippen molar-refractivity contribution in [2.75, 3.05) is 19.9 Å². The Labute approximate surface area is 251 Å². The molecule has 41 heavy (non-hydrogen) atoms. The number of ether oxygens (including phenoxy) is 2. The van der Waals surface area contributed by atoms with Crippen LogP contribution < -0.4 is 5.46 Å². The largest absolute Gasteiger partial charge is 0.496 e. The second-order valence-corrected chi connectivity index (χ2v) is 26.7. The third kappa shape index (κ3) is 6.00. The minimum Gasteiger partial charge on any atom is -0.414 e. The summed E-state index contributed by atoms with van der Waals surface area (Å²) >= 11 is 0. The van der Waals surface area contributed by atoms with Crippen LogP contribution in [0.25, 0.3) is 0 Å². The Hall–Kier alpha value is -0.751. The van der Waals surface area contributed by atoms with Gasteiger partial charge in [-0.15, -0.1) is 0 Å². The Kier molecular flexibility index (Phi) is 8.65. The van der Waals surface area contributed by atoms with Crippen molar-refractivity contribution in [2.45, 2.75) is 141 Å². The Morgan fingerprint density at radius 1 is 1.05 bits per heavy atom. The summed E-state index contributed by atoms with van der Waals surface area (Å²) in [5.41, 5.74) is 0.901. The molecule has 1 saturated heterocycles. The molecule has 2 heterocycles. The predicted molar refractivity (Wildman–Crippen MR) is 172 cm³/mol. The standard InChI is InChI=1S/C31H56BNO6Si2/c1-21-22-17-31(35-9,18-24(21)37-41(13,14)28(2,3)4)27(34)26-25(22)23(32-38-29(5,6)30(7,8)39-32)19-33(26)15-16-36-20-40(10,11)12/h19,21-22,24H,15-18,20H2,1-14H3/t21-,22-,24-,31-/m1/s1. The molecule has 10 heteroatoms. The highest BCUT2D eigenvalue weighted by atomic mass is 28.4. The summed E-state index contributed by atoms with van der Waals surface area (Å²) in [6.45, 7) is 30.1. The third-order valence-electron chi connectivity index (χ3n) is 10.6. The molecule has 1 aromatic heterocycles. The first-order valence-corrected chi connectivity index (χ1v) is 22.1. The lowest BCUT2D eigenvalue weighted by Crippen LogP contribution is -2.59. The van der Waals surface area contributed by atoms with Gasteiger partial charge in [0.05, 0.1) is 37.7 Å². The Balaban J connectivity index is 1.79. The van der Waals surface area contributed by atoms with E-state index in [1.54, 1.807) is 7.11 Å². The first-order valence-electron chi connectivity index (χ1n) is 15.5. The fourth-order valence-electron chi connectivity index (χ4n) is 6.24. The van der Waals surface area contributed by atoms with Crippen LogP contribution in [0, 0.1) is 5.92 Å². The lowest BCUT2D eigenvalue weighted by atomic mass is 9.59. The maximum absolute atomic E-state index is 14.6. The minimum absolute atomic E-state index is 0.0509. The summed E-state index contributed by atoms with van der Waals surface area (Å²) in [6.07, 6.45) is 4.05. The van der Waals surface area contributed by atoms with Crippen molar-refractivity contribution < 1.29 is 28.0 Å². The number of rotatable bonds is 9. The second kappa shape index (κ2) is 10.7. The van der Waals surface area contributed by atoms with Gasteiger partial charge in [0.2, 0.25) is 5.78 Å². The first-order chi connectivity index (χ1) is 18.6. The van der Waals surface area contributed by atoms with E-state index in [4.69, 9.17) is 23.2 Å². The zero-order valence-electron chi connectivity index (χ0n) is 28.3. The summed E-state index contributed by atoms with van der Waals surface area (Å²) in [6, 6.07) is 0. The van der Waals surface area contributed by atoms with Crippen molar-refractivity contribution >= 4 is 34.8 Å². The molecule has 0 amide bonds. The molecule has 1 aliphatic heterocycles. The van der Waals surface area contributed by atoms with E-state index in [0.717, 1.165) is 23.0 Å². The van der Waals surface area contributed by atoms with Crippen molar-refractivity contribution in [2.24, 2.45) is 5.92 Å². The van der Waals surface area contributed by atoms with Crippen LogP contribution in [0.1, 0.15) is 90.2 Å². The van der Waals surface area contributed by atoms with Crippen LogP contribution in [0.15, 0.2) is 6.20 Å². The number of ketones is 1. The number of nitrogens with zero attached hydrogens (tertiary/aromatic N) is 1. The quantitative estimate of drug-likeness (QED) is 0.248. The first kappa shape index (κ1) is 33.1. The summed E-state index contributed by atoms with van der Waals surface area (Å²) in [4.78, 5) is 14.6. The fourth-order valence-corrected chi connectivity index (χ4v) is 8.40. The van der Waals surface area contributed by atoms with Gasteiger partial charge in [-0.05, 0) is 69.6 Å². The molecule has 0 aromatic carbocycles. The number of carbonyl (C=O) groups excluding carboxylic acids is 1. The zero-order chi connectivity index (χ0) is 31.0. The molecule has 4 atom stereocenters. The molecule has 1 aromatic rings. The van der Waals surface area contributed by atoms with Gasteiger partial charge in [0, 0.05) is 38.0 Å². The molecule has 4 rings (SSSR count). The van der Waals surface area contributed by atoms with Crippen LogP contribution in [0.5, 0.6) is 0 Å². The lowest BCUT2D eigenvalue weighted by Gasteiger charge is -2.52. The molecule has 0 unspecified atom stereocenters. The van der Waals surface area contributed by atoms with E-state index in [1.807, 2.05) is 0 Å². The average Bonchev–Trinajstić information content (AvgIpc) is 3.29. The van der Waals surface area contributed by atoms with E-state index in [0.29, 0.717) is 26.0 Å². The Morgan fingerprint density at radius 3 is 2.15 bits per heavy atom. The van der Waals surface area contributed by atoms with Gasteiger partial charge in [-0.3, -0.25) is 4.79 Å². The highest BCUT2D eigenvalue weighted by Gasteiger charge is 2.60. The molecule has 1 saturated carbocycles. The molecule has 2 bridgehead atoms. The van der Waals surface area contributed by atoms with Gasteiger partial charge in [0.1, 0.15) is 5.60 Å². The van der Waals surface area contributed by atoms with Crippen LogP contribution in [0.3, 0.4) is 0 Å². The number of fused-ring (bicyclic) bond motifs is 4. The molecular weight excluding hydrogens is 549 g/mol. The van der Waals surface area contributed by atoms with Crippen LogP contribution in [-0.4, -0.2) is 76.7 Å². The maximum atomic E-state index is 14.6. The summed E-state index contributed by atoms with van der Waals surface area (Å²) < 4.78 is 34.6. The molecule has 2 fully saturated rings. The fraction of sp³-hybridized carbons (Fsp3) is 0.839. The van der Waals surface area contributed by atoms with Crippen molar-refractivity contribution in [3.63, 3.8) is 0 Å². The zero-order valence-corrected chi connectivity index (χ0v) is 30.3.